The molecule has 4 N–H and O–H groups in total. The minimum Gasteiger partial charge on any atom is -0.458 e. The van der Waals surface area contributed by atoms with E-state index in [9.17, 15) is 24.0 Å². The number of fused-ring (bicyclic) bond motifs is 2. The van der Waals surface area contributed by atoms with Gasteiger partial charge >= 0.3 is 5.97 Å². The van der Waals surface area contributed by atoms with E-state index >= 15 is 0 Å². The van der Waals surface area contributed by atoms with Gasteiger partial charge in [-0.15, -0.1) is 10.8 Å². The van der Waals surface area contributed by atoms with E-state index in [4.69, 9.17) is 14.6 Å². The van der Waals surface area contributed by atoms with Crippen molar-refractivity contribution in [2.24, 2.45) is 0 Å². The molecule has 226 valence electrons. The number of rotatable bonds is 5. The molecule has 42 heavy (non-hydrogen) atoms. The molecule has 2 aliphatic heterocycles. The van der Waals surface area contributed by atoms with Crippen molar-refractivity contribution < 1.29 is 23.4 Å². The minimum absolute atomic E-state index is 0.0346. The summed E-state index contributed by atoms with van der Waals surface area (Å²) in [4.78, 5) is 28.9. The van der Waals surface area contributed by atoms with E-state index in [0.29, 0.717) is 40.9 Å². The molecule has 1 saturated heterocycles. The number of carbonyl (C=O) groups excluding carboxylic acids is 1. The SMILES string of the molecule is CC(C)(C)OC(=O)[C@@H]1CC[C@@](CC#N)(n2nc(Nc3ccc4c(c3)CN(C(C)(C)C)S4(O)O)c3c(=O)[nH]ccc32)CO1. The molecule has 0 spiro atoms. The summed E-state index contributed by atoms with van der Waals surface area (Å²) >= 11 is 0. The van der Waals surface area contributed by atoms with Gasteiger partial charge in [-0.3, -0.25) is 18.6 Å². The fourth-order valence-electron chi connectivity index (χ4n) is 5.59. The Morgan fingerprint density at radius 1 is 1.29 bits per heavy atom. The van der Waals surface area contributed by atoms with Crippen molar-refractivity contribution in [2.45, 2.75) is 95.0 Å². The molecule has 2 aromatic heterocycles. The number of aromatic nitrogens is 3. The second kappa shape index (κ2) is 10.4. The van der Waals surface area contributed by atoms with Gasteiger partial charge in [-0.2, -0.15) is 14.7 Å². The largest absolute Gasteiger partial charge is 0.458 e. The van der Waals surface area contributed by atoms with Gasteiger partial charge in [0.1, 0.15) is 11.0 Å². The zero-order valence-electron chi connectivity index (χ0n) is 24.7. The lowest BCUT2D eigenvalue weighted by atomic mass is 9.87. The number of H-pyrrole nitrogens is 1. The third kappa shape index (κ3) is 5.41. The van der Waals surface area contributed by atoms with Gasteiger partial charge in [-0.05, 0) is 84.2 Å². The maximum Gasteiger partial charge on any atom is 0.335 e. The maximum absolute atomic E-state index is 13.1. The number of carbonyl (C=O) groups is 1. The van der Waals surface area contributed by atoms with Crippen molar-refractivity contribution in [3.63, 3.8) is 0 Å². The summed E-state index contributed by atoms with van der Waals surface area (Å²) in [7, 11) is -3.13. The van der Waals surface area contributed by atoms with Crippen molar-refractivity contribution in [3.8, 4) is 6.07 Å². The van der Waals surface area contributed by atoms with Crippen LogP contribution >= 0.6 is 10.8 Å². The summed E-state index contributed by atoms with van der Waals surface area (Å²) in [6.45, 7) is 11.6. The van der Waals surface area contributed by atoms with Gasteiger partial charge in [-0.1, -0.05) is 0 Å². The standard InChI is InChI=1S/C29H38N6O6S/c1-27(2,3)34-16-18-15-19(7-8-22(18)42(34,38)39)32-24-23-20(10-14-31-25(23)36)35(33-24)29(12-13-30)11-9-21(40-17-29)26(37)41-28(4,5)6/h7-8,10,14-15,21,38-39H,9,11-12,16-17H2,1-6H3,(H,31,36)(H,32,33)/t21-,29-/m0/s1. The molecule has 1 aromatic carbocycles. The zero-order valence-corrected chi connectivity index (χ0v) is 25.5. The normalized spacial score (nSPS) is 23.3. The molecule has 12 nitrogen and oxygen atoms in total. The summed E-state index contributed by atoms with van der Waals surface area (Å²) in [5.74, 6) is -0.161. The van der Waals surface area contributed by atoms with Gasteiger partial charge < -0.3 is 19.8 Å². The molecule has 5 rings (SSSR count). The smallest absolute Gasteiger partial charge is 0.335 e. The highest BCUT2D eigenvalue weighted by molar-refractivity contribution is 8.22. The van der Waals surface area contributed by atoms with Crippen LogP contribution in [0.2, 0.25) is 0 Å². The van der Waals surface area contributed by atoms with Gasteiger partial charge in [0.25, 0.3) is 5.56 Å². The monoisotopic (exact) mass is 598 g/mol. The molecule has 2 atom stereocenters. The Morgan fingerprint density at radius 3 is 2.64 bits per heavy atom. The Bertz CT molecular complexity index is 1620. The lowest BCUT2D eigenvalue weighted by Gasteiger charge is -2.44. The first-order valence-corrected chi connectivity index (χ1v) is 15.3. The quantitative estimate of drug-likeness (QED) is 0.285. The van der Waals surface area contributed by atoms with E-state index in [1.54, 1.807) is 48.0 Å². The van der Waals surface area contributed by atoms with Crippen LogP contribution in [0.1, 0.15) is 66.4 Å². The summed E-state index contributed by atoms with van der Waals surface area (Å²) in [6, 6.07) is 9.21. The fraction of sp³-hybridized carbons (Fsp3) is 0.517. The number of nitrogens with zero attached hydrogens (tertiary/aromatic N) is 4. The van der Waals surface area contributed by atoms with Gasteiger partial charge in [0.2, 0.25) is 0 Å². The van der Waals surface area contributed by atoms with Gasteiger partial charge in [0.05, 0.1) is 35.0 Å². The summed E-state index contributed by atoms with van der Waals surface area (Å²) in [5, 5.41) is 18.1. The van der Waals surface area contributed by atoms with Gasteiger partial charge in [0.15, 0.2) is 11.9 Å². The van der Waals surface area contributed by atoms with Crippen molar-refractivity contribution >= 4 is 39.2 Å². The average Bonchev–Trinajstić information content (AvgIpc) is 3.39. The number of benzene rings is 1. The summed E-state index contributed by atoms with van der Waals surface area (Å²) in [5.41, 5.74) is -0.484. The fourth-order valence-corrected chi connectivity index (χ4v) is 7.63. The molecule has 3 aromatic rings. The van der Waals surface area contributed by atoms with E-state index in [1.807, 2.05) is 26.8 Å². The molecule has 13 heteroatoms. The number of ether oxygens (including phenoxy) is 2. The first-order chi connectivity index (χ1) is 19.6. The van der Waals surface area contributed by atoms with Crippen molar-refractivity contribution in [1.82, 2.24) is 19.1 Å². The number of hydrogen-bond acceptors (Lipinski definition) is 10. The molecular formula is C29H38N6O6S. The summed E-state index contributed by atoms with van der Waals surface area (Å²) < 4.78 is 36.7. The molecule has 0 radical (unpaired) electrons. The van der Waals surface area contributed by atoms with Gasteiger partial charge in [0, 0.05) is 24.0 Å². The number of anilines is 2. The maximum atomic E-state index is 13.1. The van der Waals surface area contributed by atoms with Crippen LogP contribution in [-0.2, 0) is 26.4 Å². The van der Waals surface area contributed by atoms with Crippen molar-refractivity contribution in [3.05, 3.63) is 46.4 Å². The Morgan fingerprint density at radius 2 is 2.02 bits per heavy atom. The molecule has 0 amide bonds. The first-order valence-electron chi connectivity index (χ1n) is 13.8. The third-order valence-corrected chi connectivity index (χ3v) is 9.82. The molecule has 0 saturated carbocycles. The predicted octanol–water partition coefficient (Wildman–Crippen LogP) is 5.24. The second-order valence-corrected chi connectivity index (χ2v) is 14.9. The number of aromatic amines is 1. The number of nitrogens with one attached hydrogen (secondary N) is 2. The second-order valence-electron chi connectivity index (χ2n) is 12.9. The molecule has 0 bridgehead atoms. The van der Waals surface area contributed by atoms with E-state index in [-0.39, 0.29) is 24.4 Å². The number of hydrogen-bond donors (Lipinski definition) is 4. The molecule has 0 unspecified atom stereocenters. The van der Waals surface area contributed by atoms with Crippen LogP contribution in [0.5, 0.6) is 0 Å². The molecular weight excluding hydrogens is 560 g/mol. The Hall–Kier alpha value is -3.41. The Kier molecular flexibility index (Phi) is 7.44. The first kappa shape index (κ1) is 30.1. The topological polar surface area (TPSA) is 166 Å². The highest BCUT2D eigenvalue weighted by atomic mass is 32.3. The zero-order chi connectivity index (χ0) is 30.7. The number of nitriles is 1. The lowest BCUT2D eigenvalue weighted by Crippen LogP contribution is -2.47. The van der Waals surface area contributed by atoms with Gasteiger partial charge in [-0.25, -0.2) is 4.79 Å². The van der Waals surface area contributed by atoms with Crippen LogP contribution in [0, 0.1) is 11.3 Å². The Labute approximate surface area is 246 Å². The summed E-state index contributed by atoms with van der Waals surface area (Å²) in [6.07, 6.45) is 1.56. The number of esters is 1. The van der Waals surface area contributed by atoms with E-state index in [2.05, 4.69) is 16.4 Å². The van der Waals surface area contributed by atoms with E-state index in [1.165, 1.54) is 6.20 Å². The third-order valence-electron chi connectivity index (χ3n) is 7.54. The lowest BCUT2D eigenvalue weighted by molar-refractivity contribution is -0.176. The van der Waals surface area contributed by atoms with E-state index in [0.717, 1.165) is 5.56 Å². The van der Waals surface area contributed by atoms with Crippen LogP contribution < -0.4 is 10.9 Å². The van der Waals surface area contributed by atoms with Crippen LogP contribution in [0.4, 0.5) is 11.5 Å². The molecule has 0 aliphatic carbocycles. The average molecular weight is 599 g/mol. The van der Waals surface area contributed by atoms with Crippen LogP contribution in [0.25, 0.3) is 10.9 Å². The minimum atomic E-state index is -3.13. The van der Waals surface area contributed by atoms with E-state index < -0.39 is 39.5 Å². The van der Waals surface area contributed by atoms with Crippen molar-refractivity contribution in [2.75, 3.05) is 11.9 Å². The van der Waals surface area contributed by atoms with Crippen LogP contribution in [0.3, 0.4) is 0 Å². The predicted molar refractivity (Wildman–Crippen MR) is 160 cm³/mol. The molecule has 4 heterocycles. The highest BCUT2D eigenvalue weighted by Gasteiger charge is 2.44. The highest BCUT2D eigenvalue weighted by Crippen LogP contribution is 2.61. The van der Waals surface area contributed by atoms with Crippen LogP contribution in [-0.4, -0.2) is 58.0 Å². The van der Waals surface area contributed by atoms with Crippen LogP contribution in [0.15, 0.2) is 40.2 Å². The Balaban J connectivity index is 1.49. The molecule has 1 fully saturated rings. The molecule has 2 aliphatic rings. The number of pyridine rings is 1. The van der Waals surface area contributed by atoms with Crippen molar-refractivity contribution in [1.29, 1.82) is 5.26 Å².